The van der Waals surface area contributed by atoms with E-state index in [0.717, 1.165) is 5.92 Å². The van der Waals surface area contributed by atoms with E-state index in [4.69, 9.17) is 5.73 Å². The van der Waals surface area contributed by atoms with Crippen LogP contribution in [0.4, 0.5) is 0 Å². The van der Waals surface area contributed by atoms with Crippen LogP contribution >= 0.6 is 12.4 Å². The van der Waals surface area contributed by atoms with E-state index < -0.39 is 0 Å². The van der Waals surface area contributed by atoms with Crippen molar-refractivity contribution in [2.75, 3.05) is 0 Å². The van der Waals surface area contributed by atoms with Crippen molar-refractivity contribution in [2.24, 2.45) is 17.1 Å². The zero-order valence-electron chi connectivity index (χ0n) is 5.64. The van der Waals surface area contributed by atoms with Gasteiger partial charge in [-0.2, -0.15) is 0 Å². The summed E-state index contributed by atoms with van der Waals surface area (Å²) in [4.78, 5) is 0. The molecule has 1 aliphatic carbocycles. The Morgan fingerprint density at radius 2 is 1.50 bits per heavy atom. The smallest absolute Gasteiger partial charge is 0.0125 e. The van der Waals surface area contributed by atoms with E-state index in [9.17, 15) is 0 Å². The molecule has 2 atom stereocenters. The van der Waals surface area contributed by atoms with Crippen LogP contribution in [-0.2, 0) is 0 Å². The van der Waals surface area contributed by atoms with Crippen LogP contribution in [-0.4, -0.2) is 6.04 Å². The van der Waals surface area contributed by atoms with Crippen molar-refractivity contribution < 1.29 is 0 Å². The Hall–Kier alpha value is 0.250. The molecule has 0 saturated heterocycles. The summed E-state index contributed by atoms with van der Waals surface area (Å²) in [6.07, 6.45) is 0. The fourth-order valence-corrected chi connectivity index (χ4v) is 0.940. The highest BCUT2D eigenvalue weighted by atomic mass is 35.5. The van der Waals surface area contributed by atoms with Crippen LogP contribution in [0.5, 0.6) is 0 Å². The first-order chi connectivity index (χ1) is 3.07. The molecule has 1 nitrogen and oxygen atoms in total. The lowest BCUT2D eigenvalue weighted by Crippen LogP contribution is -2.06. The number of hydrogen-bond acceptors (Lipinski definition) is 1. The van der Waals surface area contributed by atoms with Gasteiger partial charge in [0.15, 0.2) is 0 Å². The predicted octanol–water partition coefficient (Wildman–Crippen LogP) is 1.41. The van der Waals surface area contributed by atoms with Crippen LogP contribution < -0.4 is 5.73 Å². The van der Waals surface area contributed by atoms with Crippen molar-refractivity contribution in [3.05, 3.63) is 0 Å². The van der Waals surface area contributed by atoms with Crippen molar-refractivity contribution in [2.45, 2.75) is 26.8 Å². The van der Waals surface area contributed by atoms with Crippen molar-refractivity contribution in [1.82, 2.24) is 0 Å². The van der Waals surface area contributed by atoms with Gasteiger partial charge in [-0.3, -0.25) is 0 Å². The summed E-state index contributed by atoms with van der Waals surface area (Å²) in [7, 11) is 0. The maximum Gasteiger partial charge on any atom is 0.0125 e. The highest BCUT2D eigenvalue weighted by molar-refractivity contribution is 5.85. The summed E-state index contributed by atoms with van der Waals surface area (Å²) >= 11 is 0. The number of rotatable bonds is 0. The quantitative estimate of drug-likeness (QED) is 0.534. The van der Waals surface area contributed by atoms with Gasteiger partial charge in [0.1, 0.15) is 0 Å². The molecule has 0 spiro atoms. The molecule has 2 heteroatoms. The van der Waals surface area contributed by atoms with Gasteiger partial charge in [-0.1, -0.05) is 20.8 Å². The number of nitrogens with two attached hydrogens (primary N) is 1. The van der Waals surface area contributed by atoms with E-state index in [1.165, 1.54) is 0 Å². The summed E-state index contributed by atoms with van der Waals surface area (Å²) in [5.41, 5.74) is 6.09. The van der Waals surface area contributed by atoms with Gasteiger partial charge in [0.05, 0.1) is 0 Å². The third-order valence-corrected chi connectivity index (χ3v) is 2.46. The van der Waals surface area contributed by atoms with Crippen LogP contribution in [0.1, 0.15) is 20.8 Å². The first-order valence-corrected chi connectivity index (χ1v) is 2.82. The second-order valence-corrected chi connectivity index (χ2v) is 3.14. The Balaban J connectivity index is 0.000000490. The molecule has 0 aromatic rings. The van der Waals surface area contributed by atoms with Gasteiger partial charge >= 0.3 is 0 Å². The minimum Gasteiger partial charge on any atom is -0.327 e. The van der Waals surface area contributed by atoms with E-state index in [0.29, 0.717) is 11.5 Å². The first-order valence-electron chi connectivity index (χ1n) is 2.82. The van der Waals surface area contributed by atoms with E-state index in [1.807, 2.05) is 0 Å². The lowest BCUT2D eigenvalue weighted by atomic mass is 10.1. The van der Waals surface area contributed by atoms with E-state index >= 15 is 0 Å². The van der Waals surface area contributed by atoms with Gasteiger partial charge in [-0.15, -0.1) is 12.4 Å². The SMILES string of the molecule is C[C@@H]1[C@H](N)C1(C)C.Cl. The van der Waals surface area contributed by atoms with E-state index in [1.54, 1.807) is 0 Å². The molecule has 50 valence electrons. The molecule has 8 heavy (non-hydrogen) atoms. The second kappa shape index (κ2) is 1.89. The fourth-order valence-electron chi connectivity index (χ4n) is 0.940. The molecule has 0 bridgehead atoms. The maximum atomic E-state index is 5.64. The predicted molar refractivity (Wildman–Crippen MR) is 38.2 cm³/mol. The summed E-state index contributed by atoms with van der Waals surface area (Å²) in [5.74, 6) is 0.743. The molecule has 0 radical (unpaired) electrons. The van der Waals surface area contributed by atoms with Crippen LogP contribution in [0.15, 0.2) is 0 Å². The van der Waals surface area contributed by atoms with Crippen LogP contribution in [0, 0.1) is 11.3 Å². The second-order valence-electron chi connectivity index (χ2n) is 3.14. The molecular formula is C6H14ClN. The zero-order valence-corrected chi connectivity index (χ0v) is 6.46. The molecule has 1 aliphatic rings. The monoisotopic (exact) mass is 135 g/mol. The standard InChI is InChI=1S/C6H13N.ClH/c1-4-5(7)6(4,2)3;/h4-5H,7H2,1-3H3;1H/t4-,5+;/m1./s1. The summed E-state index contributed by atoms with van der Waals surface area (Å²) < 4.78 is 0. The third-order valence-electron chi connectivity index (χ3n) is 2.46. The fraction of sp³-hybridized carbons (Fsp3) is 1.00. The van der Waals surface area contributed by atoms with Gasteiger partial charge in [0.25, 0.3) is 0 Å². The Kier molecular flexibility index (Phi) is 1.95. The van der Waals surface area contributed by atoms with E-state index in [-0.39, 0.29) is 12.4 Å². The van der Waals surface area contributed by atoms with Crippen LogP contribution in [0.3, 0.4) is 0 Å². The normalized spacial score (nSPS) is 40.5. The number of hydrogen-bond donors (Lipinski definition) is 1. The minimum atomic E-state index is 0. The summed E-state index contributed by atoms with van der Waals surface area (Å²) in [6.45, 7) is 6.62. The zero-order chi connectivity index (χ0) is 5.65. The van der Waals surface area contributed by atoms with Crippen LogP contribution in [0.2, 0.25) is 0 Å². The Morgan fingerprint density at radius 3 is 1.50 bits per heavy atom. The van der Waals surface area contributed by atoms with Gasteiger partial charge < -0.3 is 5.73 Å². The molecule has 0 aromatic heterocycles. The van der Waals surface area contributed by atoms with Gasteiger partial charge in [-0.05, 0) is 11.3 Å². The van der Waals surface area contributed by atoms with Crippen LogP contribution in [0.25, 0.3) is 0 Å². The van der Waals surface area contributed by atoms with Crippen molar-refractivity contribution >= 4 is 12.4 Å². The molecule has 0 aromatic carbocycles. The molecule has 2 N–H and O–H groups in total. The Bertz CT molecular complexity index is 80.5. The first kappa shape index (κ1) is 8.25. The molecule has 1 fully saturated rings. The largest absolute Gasteiger partial charge is 0.327 e. The van der Waals surface area contributed by atoms with Gasteiger partial charge in [0, 0.05) is 6.04 Å². The van der Waals surface area contributed by atoms with Gasteiger partial charge in [0.2, 0.25) is 0 Å². The average molecular weight is 136 g/mol. The van der Waals surface area contributed by atoms with Crippen molar-refractivity contribution in [3.8, 4) is 0 Å². The maximum absolute atomic E-state index is 5.64. The van der Waals surface area contributed by atoms with E-state index in [2.05, 4.69) is 20.8 Å². The molecule has 1 saturated carbocycles. The highest BCUT2D eigenvalue weighted by Gasteiger charge is 2.51. The third kappa shape index (κ3) is 0.848. The van der Waals surface area contributed by atoms with Crippen molar-refractivity contribution in [1.29, 1.82) is 0 Å². The molecule has 1 rings (SSSR count). The summed E-state index contributed by atoms with van der Waals surface area (Å²) in [5, 5.41) is 0. The van der Waals surface area contributed by atoms with Crippen molar-refractivity contribution in [3.63, 3.8) is 0 Å². The molecular weight excluding hydrogens is 122 g/mol. The summed E-state index contributed by atoms with van der Waals surface area (Å²) in [6, 6.07) is 0.465. The molecule has 0 heterocycles. The van der Waals surface area contributed by atoms with Gasteiger partial charge in [-0.25, -0.2) is 0 Å². The topological polar surface area (TPSA) is 26.0 Å². The molecule has 0 aliphatic heterocycles. The minimum absolute atomic E-state index is 0. The Morgan fingerprint density at radius 1 is 1.38 bits per heavy atom. The highest BCUT2D eigenvalue weighted by Crippen LogP contribution is 2.49. The number of halogens is 1. The average Bonchev–Trinajstić information content (AvgIpc) is 1.91. The molecule has 0 unspecified atom stereocenters. The molecule has 0 amide bonds. The lowest BCUT2D eigenvalue weighted by Gasteiger charge is -1.93. The Labute approximate surface area is 57.1 Å². The lowest BCUT2D eigenvalue weighted by molar-refractivity contribution is 0.574.